The fourth-order valence-electron chi connectivity index (χ4n) is 2.67. The number of aryl methyl sites for hydroxylation is 1. The van der Waals surface area contributed by atoms with Crippen LogP contribution in [0.2, 0.25) is 10.0 Å². The van der Waals surface area contributed by atoms with E-state index >= 15 is 0 Å². The SMILES string of the molecule is Cc1ccc(S(=O)(=O)N2CCOC(c3cc(Cl)cc(Cl)c3)C2)cc1. The zero-order valence-electron chi connectivity index (χ0n) is 13.1. The van der Waals surface area contributed by atoms with Crippen LogP contribution in [-0.2, 0) is 14.8 Å². The first-order valence-corrected chi connectivity index (χ1v) is 9.70. The summed E-state index contributed by atoms with van der Waals surface area (Å²) in [4.78, 5) is 0.290. The second-order valence-electron chi connectivity index (χ2n) is 5.74. The van der Waals surface area contributed by atoms with Gasteiger partial charge in [0, 0.05) is 23.1 Å². The van der Waals surface area contributed by atoms with Crippen molar-refractivity contribution in [1.29, 1.82) is 0 Å². The van der Waals surface area contributed by atoms with Crippen molar-refractivity contribution in [2.24, 2.45) is 0 Å². The van der Waals surface area contributed by atoms with Crippen LogP contribution in [0, 0.1) is 6.92 Å². The second-order valence-corrected chi connectivity index (χ2v) is 8.55. The van der Waals surface area contributed by atoms with Gasteiger partial charge in [-0.1, -0.05) is 40.9 Å². The van der Waals surface area contributed by atoms with E-state index in [0.717, 1.165) is 11.1 Å². The van der Waals surface area contributed by atoms with Gasteiger partial charge < -0.3 is 4.74 Å². The van der Waals surface area contributed by atoms with Gasteiger partial charge in [-0.15, -0.1) is 0 Å². The molecule has 0 N–H and O–H groups in total. The van der Waals surface area contributed by atoms with E-state index in [1.54, 1.807) is 42.5 Å². The third-order valence-electron chi connectivity index (χ3n) is 3.94. The molecule has 1 heterocycles. The Morgan fingerprint density at radius 1 is 1.08 bits per heavy atom. The zero-order chi connectivity index (χ0) is 17.3. The summed E-state index contributed by atoms with van der Waals surface area (Å²) < 4.78 is 32.8. The molecule has 1 aliphatic heterocycles. The molecule has 0 amide bonds. The Bertz CT molecular complexity index is 817. The minimum Gasteiger partial charge on any atom is -0.371 e. The van der Waals surface area contributed by atoms with E-state index < -0.39 is 16.1 Å². The van der Waals surface area contributed by atoms with Gasteiger partial charge in [-0.3, -0.25) is 0 Å². The van der Waals surface area contributed by atoms with Crippen LogP contribution in [0.4, 0.5) is 0 Å². The van der Waals surface area contributed by atoms with E-state index in [-0.39, 0.29) is 11.4 Å². The topological polar surface area (TPSA) is 46.6 Å². The molecule has 7 heteroatoms. The van der Waals surface area contributed by atoms with Gasteiger partial charge in [-0.25, -0.2) is 8.42 Å². The van der Waals surface area contributed by atoms with Crippen molar-refractivity contribution in [3.8, 4) is 0 Å². The van der Waals surface area contributed by atoms with Gasteiger partial charge in [0.05, 0.1) is 17.6 Å². The smallest absolute Gasteiger partial charge is 0.243 e. The highest BCUT2D eigenvalue weighted by Crippen LogP contribution is 2.30. The number of rotatable bonds is 3. The lowest BCUT2D eigenvalue weighted by Crippen LogP contribution is -2.42. The first-order valence-electron chi connectivity index (χ1n) is 7.51. The van der Waals surface area contributed by atoms with Crippen LogP contribution >= 0.6 is 23.2 Å². The Labute approximate surface area is 152 Å². The number of morpholine rings is 1. The van der Waals surface area contributed by atoms with Crippen LogP contribution in [0.5, 0.6) is 0 Å². The molecule has 0 aliphatic carbocycles. The van der Waals surface area contributed by atoms with Crippen LogP contribution in [0.15, 0.2) is 47.4 Å². The number of benzene rings is 2. The fourth-order valence-corrected chi connectivity index (χ4v) is 4.63. The molecular weight excluding hydrogens is 369 g/mol. The summed E-state index contributed by atoms with van der Waals surface area (Å²) in [5.41, 5.74) is 1.79. The Morgan fingerprint density at radius 2 is 1.71 bits per heavy atom. The van der Waals surface area contributed by atoms with Gasteiger partial charge >= 0.3 is 0 Å². The van der Waals surface area contributed by atoms with Crippen molar-refractivity contribution in [2.75, 3.05) is 19.7 Å². The first-order chi connectivity index (χ1) is 11.4. The lowest BCUT2D eigenvalue weighted by atomic mass is 10.1. The van der Waals surface area contributed by atoms with Crippen LogP contribution in [0.25, 0.3) is 0 Å². The van der Waals surface area contributed by atoms with E-state index in [9.17, 15) is 8.42 Å². The summed E-state index contributed by atoms with van der Waals surface area (Å²) >= 11 is 12.1. The largest absolute Gasteiger partial charge is 0.371 e. The molecule has 1 atom stereocenters. The molecule has 1 aliphatic rings. The molecule has 24 heavy (non-hydrogen) atoms. The Morgan fingerprint density at radius 3 is 2.33 bits per heavy atom. The number of hydrogen-bond donors (Lipinski definition) is 0. The van der Waals surface area contributed by atoms with Gasteiger partial charge in [0.25, 0.3) is 0 Å². The molecule has 0 bridgehead atoms. The molecular formula is C17H17Cl2NO3S. The van der Waals surface area contributed by atoms with Gasteiger partial charge in [-0.05, 0) is 42.8 Å². The molecule has 1 saturated heterocycles. The highest BCUT2D eigenvalue weighted by Gasteiger charge is 2.31. The fraction of sp³-hybridized carbons (Fsp3) is 0.294. The Hall–Kier alpha value is -1.11. The molecule has 1 fully saturated rings. The standard InChI is InChI=1S/C17H17Cl2NO3S/c1-12-2-4-16(5-3-12)24(21,22)20-6-7-23-17(11-20)13-8-14(18)10-15(19)9-13/h2-5,8-10,17H,6-7,11H2,1H3. The summed E-state index contributed by atoms with van der Waals surface area (Å²) in [6.45, 7) is 2.79. The van der Waals surface area contributed by atoms with Crippen molar-refractivity contribution in [3.63, 3.8) is 0 Å². The maximum absolute atomic E-state index is 12.8. The number of ether oxygens (including phenoxy) is 1. The van der Waals surface area contributed by atoms with Crippen LogP contribution in [0.3, 0.4) is 0 Å². The number of hydrogen-bond acceptors (Lipinski definition) is 3. The average molecular weight is 386 g/mol. The molecule has 2 aromatic rings. The van der Waals surface area contributed by atoms with E-state index in [4.69, 9.17) is 27.9 Å². The highest BCUT2D eigenvalue weighted by molar-refractivity contribution is 7.89. The zero-order valence-corrected chi connectivity index (χ0v) is 15.4. The Balaban J connectivity index is 1.86. The number of halogens is 2. The summed E-state index contributed by atoms with van der Waals surface area (Å²) in [5, 5.41) is 0.999. The van der Waals surface area contributed by atoms with E-state index in [2.05, 4.69) is 0 Å². The second kappa shape index (κ2) is 7.02. The predicted molar refractivity (Wildman–Crippen MR) is 95.1 cm³/mol. The third-order valence-corrected chi connectivity index (χ3v) is 6.26. The van der Waals surface area contributed by atoms with Crippen molar-refractivity contribution in [3.05, 3.63) is 63.6 Å². The van der Waals surface area contributed by atoms with Crippen molar-refractivity contribution < 1.29 is 13.2 Å². The summed E-state index contributed by atoms with van der Waals surface area (Å²) in [6.07, 6.45) is -0.393. The van der Waals surface area contributed by atoms with Crippen molar-refractivity contribution >= 4 is 33.2 Å². The van der Waals surface area contributed by atoms with Gasteiger partial charge in [0.2, 0.25) is 10.0 Å². The molecule has 0 saturated carbocycles. The lowest BCUT2D eigenvalue weighted by Gasteiger charge is -2.32. The molecule has 1 unspecified atom stereocenters. The number of nitrogens with zero attached hydrogens (tertiary/aromatic N) is 1. The molecule has 4 nitrogen and oxygen atoms in total. The molecule has 0 radical (unpaired) electrons. The summed E-state index contributed by atoms with van der Waals surface area (Å²) in [5.74, 6) is 0. The van der Waals surface area contributed by atoms with E-state index in [1.807, 2.05) is 6.92 Å². The van der Waals surface area contributed by atoms with Gasteiger partial charge in [-0.2, -0.15) is 4.31 Å². The van der Waals surface area contributed by atoms with Crippen molar-refractivity contribution in [2.45, 2.75) is 17.9 Å². The predicted octanol–water partition coefficient (Wildman–Crippen LogP) is 4.06. The quantitative estimate of drug-likeness (QED) is 0.799. The van der Waals surface area contributed by atoms with Crippen molar-refractivity contribution in [1.82, 2.24) is 4.31 Å². The minimum absolute atomic E-state index is 0.229. The molecule has 0 aromatic heterocycles. The highest BCUT2D eigenvalue weighted by atomic mass is 35.5. The maximum atomic E-state index is 12.8. The monoisotopic (exact) mass is 385 g/mol. The van der Waals surface area contributed by atoms with Gasteiger partial charge in [0.15, 0.2) is 0 Å². The average Bonchev–Trinajstić information content (AvgIpc) is 2.54. The molecule has 3 rings (SSSR count). The molecule has 0 spiro atoms. The van der Waals surface area contributed by atoms with E-state index in [1.165, 1.54) is 4.31 Å². The van der Waals surface area contributed by atoms with Crippen LogP contribution in [0.1, 0.15) is 17.2 Å². The maximum Gasteiger partial charge on any atom is 0.243 e. The minimum atomic E-state index is -3.55. The summed E-state index contributed by atoms with van der Waals surface area (Å²) in [6, 6.07) is 12.0. The van der Waals surface area contributed by atoms with Gasteiger partial charge in [0.1, 0.15) is 0 Å². The Kier molecular flexibility index (Phi) is 5.18. The third kappa shape index (κ3) is 3.76. The van der Waals surface area contributed by atoms with Crippen LogP contribution < -0.4 is 0 Å². The molecule has 128 valence electrons. The van der Waals surface area contributed by atoms with E-state index in [0.29, 0.717) is 23.2 Å². The normalized spacial score (nSPS) is 19.4. The number of sulfonamides is 1. The van der Waals surface area contributed by atoms with Crippen LogP contribution in [-0.4, -0.2) is 32.4 Å². The lowest BCUT2D eigenvalue weighted by molar-refractivity contribution is -0.00254. The summed E-state index contributed by atoms with van der Waals surface area (Å²) in [7, 11) is -3.55. The molecule has 2 aromatic carbocycles. The first kappa shape index (κ1) is 17.7.